The molecule has 1 aromatic rings. The zero-order chi connectivity index (χ0) is 14.0. The number of hydrogen-bond acceptors (Lipinski definition) is 2. The lowest BCUT2D eigenvalue weighted by Crippen LogP contribution is -2.54. The molecule has 1 aliphatic heterocycles. The average molecular weight is 273 g/mol. The largest absolute Gasteiger partial charge is 0.497 e. The van der Waals surface area contributed by atoms with E-state index < -0.39 is 0 Å². The molecule has 1 saturated heterocycles. The predicted octanol–water partition coefficient (Wildman–Crippen LogP) is 4.04. The van der Waals surface area contributed by atoms with Crippen molar-refractivity contribution in [3.8, 4) is 5.75 Å². The first kappa shape index (κ1) is 13.9. The Labute approximate surface area is 122 Å². The van der Waals surface area contributed by atoms with Crippen LogP contribution in [0.15, 0.2) is 18.2 Å². The first-order chi connectivity index (χ1) is 9.79. The Morgan fingerprint density at radius 3 is 2.90 bits per heavy atom. The number of aryl methyl sites for hydroxylation is 1. The van der Waals surface area contributed by atoms with Crippen molar-refractivity contribution in [1.82, 2.24) is 5.32 Å². The highest BCUT2D eigenvalue weighted by atomic mass is 16.5. The maximum atomic E-state index is 5.40. The summed E-state index contributed by atoms with van der Waals surface area (Å²) in [6.07, 6.45) is 9.13. The summed E-state index contributed by atoms with van der Waals surface area (Å²) in [6.45, 7) is 3.51. The normalized spacial score (nSPS) is 29.2. The fraction of sp³-hybridized carbons (Fsp3) is 0.667. The van der Waals surface area contributed by atoms with Gasteiger partial charge in [-0.05, 0) is 61.9 Å². The molecule has 1 aromatic carbocycles. The summed E-state index contributed by atoms with van der Waals surface area (Å²) < 4.78 is 5.40. The molecule has 2 heteroatoms. The van der Waals surface area contributed by atoms with Gasteiger partial charge in [0.2, 0.25) is 0 Å². The molecule has 3 rings (SSSR count). The van der Waals surface area contributed by atoms with Crippen LogP contribution >= 0.6 is 0 Å². The van der Waals surface area contributed by atoms with Crippen molar-refractivity contribution in [2.24, 2.45) is 0 Å². The zero-order valence-corrected chi connectivity index (χ0v) is 12.9. The summed E-state index contributed by atoms with van der Waals surface area (Å²) in [5.74, 6) is 1.69. The van der Waals surface area contributed by atoms with Gasteiger partial charge < -0.3 is 10.1 Å². The number of ether oxygens (including phenoxy) is 1. The van der Waals surface area contributed by atoms with Crippen LogP contribution in [0.2, 0.25) is 0 Å². The van der Waals surface area contributed by atoms with Crippen LogP contribution in [0.5, 0.6) is 5.75 Å². The highest BCUT2D eigenvalue weighted by molar-refractivity contribution is 5.42. The lowest BCUT2D eigenvalue weighted by atomic mass is 9.65. The fourth-order valence-corrected chi connectivity index (χ4v) is 4.32. The van der Waals surface area contributed by atoms with Gasteiger partial charge in [-0.2, -0.15) is 0 Å². The van der Waals surface area contributed by atoms with Gasteiger partial charge in [-0.15, -0.1) is 0 Å². The first-order valence-electron chi connectivity index (χ1n) is 8.21. The number of fused-ring (bicyclic) bond motifs is 1. The van der Waals surface area contributed by atoms with Crippen LogP contribution in [0, 0.1) is 0 Å². The van der Waals surface area contributed by atoms with E-state index in [4.69, 9.17) is 4.74 Å². The van der Waals surface area contributed by atoms with Crippen molar-refractivity contribution >= 4 is 0 Å². The minimum Gasteiger partial charge on any atom is -0.497 e. The highest BCUT2D eigenvalue weighted by Gasteiger charge is 2.42. The molecule has 0 radical (unpaired) electrons. The monoisotopic (exact) mass is 273 g/mol. The lowest BCUT2D eigenvalue weighted by molar-refractivity contribution is 0.174. The van der Waals surface area contributed by atoms with Gasteiger partial charge in [-0.25, -0.2) is 0 Å². The number of rotatable bonds is 3. The molecule has 110 valence electrons. The highest BCUT2D eigenvalue weighted by Crippen LogP contribution is 2.46. The minimum absolute atomic E-state index is 0.371. The second-order valence-corrected chi connectivity index (χ2v) is 6.45. The van der Waals surface area contributed by atoms with Crippen LogP contribution in [-0.2, 0) is 6.42 Å². The van der Waals surface area contributed by atoms with Crippen molar-refractivity contribution in [2.75, 3.05) is 13.7 Å². The van der Waals surface area contributed by atoms with Crippen LogP contribution in [-0.4, -0.2) is 19.2 Å². The Balaban J connectivity index is 1.97. The molecular formula is C18H27NO. The molecule has 1 heterocycles. The smallest absolute Gasteiger partial charge is 0.119 e. The van der Waals surface area contributed by atoms with Gasteiger partial charge in [0.05, 0.1) is 7.11 Å². The summed E-state index contributed by atoms with van der Waals surface area (Å²) in [6, 6.07) is 6.72. The van der Waals surface area contributed by atoms with E-state index in [9.17, 15) is 0 Å². The summed E-state index contributed by atoms with van der Waals surface area (Å²) in [7, 11) is 1.76. The van der Waals surface area contributed by atoms with Gasteiger partial charge in [0.1, 0.15) is 5.75 Å². The molecule has 0 saturated carbocycles. The summed E-state index contributed by atoms with van der Waals surface area (Å²) >= 11 is 0. The van der Waals surface area contributed by atoms with E-state index in [1.54, 1.807) is 12.7 Å². The average Bonchev–Trinajstić information content (AvgIpc) is 2.51. The van der Waals surface area contributed by atoms with Crippen molar-refractivity contribution < 1.29 is 4.74 Å². The Morgan fingerprint density at radius 2 is 2.20 bits per heavy atom. The van der Waals surface area contributed by atoms with E-state index in [0.29, 0.717) is 11.5 Å². The number of nitrogens with one attached hydrogen (secondary N) is 1. The molecule has 20 heavy (non-hydrogen) atoms. The molecule has 2 atom stereocenters. The standard InChI is InChI=1S/C18H27NO/c1-3-6-17-16-8-7-15(20-2)13-14(16)9-11-18(17)10-4-5-12-19-18/h7-8,13,17,19H,3-6,9-12H2,1-2H3. The maximum Gasteiger partial charge on any atom is 0.119 e. The van der Waals surface area contributed by atoms with Gasteiger partial charge in [0.25, 0.3) is 0 Å². The number of benzene rings is 1. The molecule has 1 aliphatic carbocycles. The number of methoxy groups -OCH3 is 1. The quantitative estimate of drug-likeness (QED) is 0.897. The van der Waals surface area contributed by atoms with E-state index >= 15 is 0 Å². The van der Waals surface area contributed by atoms with Crippen molar-refractivity contribution in [1.29, 1.82) is 0 Å². The predicted molar refractivity (Wildman–Crippen MR) is 83.5 cm³/mol. The van der Waals surface area contributed by atoms with E-state index in [1.165, 1.54) is 57.1 Å². The van der Waals surface area contributed by atoms with E-state index in [1.807, 2.05) is 0 Å². The molecular weight excluding hydrogens is 246 g/mol. The van der Waals surface area contributed by atoms with Gasteiger partial charge >= 0.3 is 0 Å². The van der Waals surface area contributed by atoms with Gasteiger partial charge in [-0.1, -0.05) is 25.8 Å². The van der Waals surface area contributed by atoms with Crippen molar-refractivity contribution in [3.05, 3.63) is 29.3 Å². The number of hydrogen-bond donors (Lipinski definition) is 1. The molecule has 0 aromatic heterocycles. The summed E-state index contributed by atoms with van der Waals surface area (Å²) in [4.78, 5) is 0. The van der Waals surface area contributed by atoms with E-state index in [-0.39, 0.29) is 0 Å². The fourth-order valence-electron chi connectivity index (χ4n) is 4.32. The van der Waals surface area contributed by atoms with E-state index in [2.05, 4.69) is 30.4 Å². The molecule has 1 N–H and O–H groups in total. The van der Waals surface area contributed by atoms with Crippen molar-refractivity contribution in [2.45, 2.75) is 63.3 Å². The Morgan fingerprint density at radius 1 is 1.30 bits per heavy atom. The molecule has 2 unspecified atom stereocenters. The van der Waals surface area contributed by atoms with Gasteiger partial charge in [-0.3, -0.25) is 0 Å². The van der Waals surface area contributed by atoms with E-state index in [0.717, 1.165) is 5.75 Å². The molecule has 2 aliphatic rings. The molecule has 0 bridgehead atoms. The topological polar surface area (TPSA) is 21.3 Å². The molecule has 2 nitrogen and oxygen atoms in total. The zero-order valence-electron chi connectivity index (χ0n) is 12.9. The number of piperidine rings is 1. The third kappa shape index (κ3) is 2.35. The second-order valence-electron chi connectivity index (χ2n) is 6.45. The Kier molecular flexibility index (Phi) is 4.02. The third-order valence-corrected chi connectivity index (χ3v) is 5.34. The maximum absolute atomic E-state index is 5.40. The second kappa shape index (κ2) is 5.77. The molecule has 1 fully saturated rings. The summed E-state index contributed by atoms with van der Waals surface area (Å²) in [5, 5.41) is 3.91. The third-order valence-electron chi connectivity index (χ3n) is 5.34. The SMILES string of the molecule is CCCC1c2ccc(OC)cc2CCC12CCCCN2. The minimum atomic E-state index is 0.371. The van der Waals surface area contributed by atoms with Crippen LogP contribution < -0.4 is 10.1 Å². The van der Waals surface area contributed by atoms with Crippen LogP contribution in [0.25, 0.3) is 0 Å². The van der Waals surface area contributed by atoms with Crippen LogP contribution in [0.1, 0.15) is 62.5 Å². The Bertz CT molecular complexity index is 462. The first-order valence-corrected chi connectivity index (χ1v) is 8.21. The lowest BCUT2D eigenvalue weighted by Gasteiger charge is -2.48. The summed E-state index contributed by atoms with van der Waals surface area (Å²) in [5.41, 5.74) is 3.46. The molecule has 0 amide bonds. The van der Waals surface area contributed by atoms with Crippen LogP contribution in [0.4, 0.5) is 0 Å². The van der Waals surface area contributed by atoms with Gasteiger partial charge in [0.15, 0.2) is 0 Å². The van der Waals surface area contributed by atoms with Crippen molar-refractivity contribution in [3.63, 3.8) is 0 Å². The van der Waals surface area contributed by atoms with Gasteiger partial charge in [0, 0.05) is 11.5 Å². The van der Waals surface area contributed by atoms with Crippen LogP contribution in [0.3, 0.4) is 0 Å². The Hall–Kier alpha value is -1.02. The molecule has 1 spiro atoms.